The standard InChI is InChI=1S/C14H17NO5S/c16-13(11-8-4-5-9-21(11,19)20)15-12(14(17)18)10-6-2-1-3-7-10/h1-3,6-7,11-12H,4-5,8-9H2,(H,15,16)(H,17,18). The number of carbonyl (C=O) groups is 2. The number of hydrogen-bond acceptors (Lipinski definition) is 4. The van der Waals surface area contributed by atoms with Crippen LogP contribution in [0.25, 0.3) is 0 Å². The van der Waals surface area contributed by atoms with E-state index in [1.807, 2.05) is 0 Å². The Morgan fingerprint density at radius 3 is 2.43 bits per heavy atom. The molecule has 2 rings (SSSR count). The van der Waals surface area contributed by atoms with E-state index in [2.05, 4.69) is 5.32 Å². The molecule has 0 bridgehead atoms. The van der Waals surface area contributed by atoms with Crippen LogP contribution in [0.3, 0.4) is 0 Å². The summed E-state index contributed by atoms with van der Waals surface area (Å²) < 4.78 is 23.8. The average molecular weight is 311 g/mol. The number of carbonyl (C=O) groups excluding carboxylic acids is 1. The van der Waals surface area contributed by atoms with Gasteiger partial charge in [-0.05, 0) is 18.4 Å². The largest absolute Gasteiger partial charge is 0.479 e. The number of benzene rings is 1. The molecule has 21 heavy (non-hydrogen) atoms. The number of amides is 1. The van der Waals surface area contributed by atoms with Crippen molar-refractivity contribution in [3.05, 3.63) is 35.9 Å². The molecule has 0 spiro atoms. The smallest absolute Gasteiger partial charge is 0.330 e. The van der Waals surface area contributed by atoms with Crippen LogP contribution in [0.15, 0.2) is 30.3 Å². The lowest BCUT2D eigenvalue weighted by Gasteiger charge is -2.23. The third kappa shape index (κ3) is 3.60. The van der Waals surface area contributed by atoms with Crippen LogP contribution in [0, 0.1) is 0 Å². The molecule has 0 radical (unpaired) electrons. The summed E-state index contributed by atoms with van der Waals surface area (Å²) in [5, 5.41) is 10.4. The molecule has 1 fully saturated rings. The van der Waals surface area contributed by atoms with E-state index < -0.39 is 33.0 Å². The van der Waals surface area contributed by atoms with Crippen molar-refractivity contribution in [3.63, 3.8) is 0 Å². The van der Waals surface area contributed by atoms with Crippen LogP contribution < -0.4 is 5.32 Å². The summed E-state index contributed by atoms with van der Waals surface area (Å²) >= 11 is 0. The zero-order valence-electron chi connectivity index (χ0n) is 11.4. The van der Waals surface area contributed by atoms with Gasteiger partial charge in [0.05, 0.1) is 5.75 Å². The van der Waals surface area contributed by atoms with Crippen molar-refractivity contribution >= 4 is 21.7 Å². The van der Waals surface area contributed by atoms with Gasteiger partial charge in [0.15, 0.2) is 15.9 Å². The molecule has 7 heteroatoms. The first-order valence-electron chi connectivity index (χ1n) is 6.71. The molecule has 1 saturated heterocycles. The van der Waals surface area contributed by atoms with Gasteiger partial charge < -0.3 is 10.4 Å². The molecule has 6 nitrogen and oxygen atoms in total. The van der Waals surface area contributed by atoms with Crippen molar-refractivity contribution < 1.29 is 23.1 Å². The third-order valence-corrected chi connectivity index (χ3v) is 5.71. The summed E-state index contributed by atoms with van der Waals surface area (Å²) in [7, 11) is -3.48. The molecule has 1 heterocycles. The van der Waals surface area contributed by atoms with E-state index >= 15 is 0 Å². The highest BCUT2D eigenvalue weighted by Crippen LogP contribution is 2.21. The molecule has 114 valence electrons. The molecule has 0 saturated carbocycles. The van der Waals surface area contributed by atoms with Crippen LogP contribution in [0.5, 0.6) is 0 Å². The maximum absolute atomic E-state index is 12.1. The van der Waals surface area contributed by atoms with Crippen LogP contribution in [-0.4, -0.2) is 36.4 Å². The third-order valence-electron chi connectivity index (χ3n) is 3.54. The Balaban J connectivity index is 2.18. The Kier molecular flexibility index (Phi) is 4.62. The summed E-state index contributed by atoms with van der Waals surface area (Å²) in [4.78, 5) is 23.5. The highest BCUT2D eigenvalue weighted by Gasteiger charge is 2.36. The Labute approximate surface area is 123 Å². The molecule has 2 unspecified atom stereocenters. The van der Waals surface area contributed by atoms with Crippen molar-refractivity contribution in [2.75, 3.05) is 5.75 Å². The fraction of sp³-hybridized carbons (Fsp3) is 0.429. The van der Waals surface area contributed by atoms with E-state index in [1.54, 1.807) is 30.3 Å². The summed E-state index contributed by atoms with van der Waals surface area (Å²) in [6, 6.07) is 6.97. The van der Waals surface area contributed by atoms with Gasteiger partial charge in [0.2, 0.25) is 5.91 Å². The van der Waals surface area contributed by atoms with E-state index in [4.69, 9.17) is 0 Å². The van der Waals surface area contributed by atoms with E-state index in [1.165, 1.54) is 0 Å². The second kappa shape index (κ2) is 6.26. The molecule has 1 aromatic rings. The SMILES string of the molecule is O=C(O)C(NC(=O)C1CCCCS1(=O)=O)c1ccccc1. The normalized spacial score (nSPS) is 22.2. The predicted molar refractivity (Wildman–Crippen MR) is 76.4 cm³/mol. The van der Waals surface area contributed by atoms with E-state index in [0.29, 0.717) is 18.4 Å². The Morgan fingerprint density at radius 1 is 1.19 bits per heavy atom. The average Bonchev–Trinajstić information content (AvgIpc) is 2.44. The van der Waals surface area contributed by atoms with E-state index in [0.717, 1.165) is 0 Å². The van der Waals surface area contributed by atoms with Crippen molar-refractivity contribution in [2.45, 2.75) is 30.6 Å². The number of hydrogen-bond donors (Lipinski definition) is 2. The number of nitrogens with one attached hydrogen (secondary N) is 1. The van der Waals surface area contributed by atoms with Gasteiger partial charge in [-0.15, -0.1) is 0 Å². The summed E-state index contributed by atoms with van der Waals surface area (Å²) in [6.45, 7) is 0. The molecule has 1 aliphatic rings. The lowest BCUT2D eigenvalue weighted by Crippen LogP contribution is -2.45. The minimum absolute atomic E-state index is 0.0197. The molecule has 1 aliphatic heterocycles. The highest BCUT2D eigenvalue weighted by molar-refractivity contribution is 7.92. The molecule has 0 aromatic heterocycles. The van der Waals surface area contributed by atoms with Crippen LogP contribution >= 0.6 is 0 Å². The predicted octanol–water partition coefficient (Wildman–Crippen LogP) is 0.896. The van der Waals surface area contributed by atoms with Crippen LogP contribution in [-0.2, 0) is 19.4 Å². The number of sulfone groups is 1. The van der Waals surface area contributed by atoms with Crippen molar-refractivity contribution in [1.29, 1.82) is 0 Å². The van der Waals surface area contributed by atoms with Crippen molar-refractivity contribution in [1.82, 2.24) is 5.32 Å². The van der Waals surface area contributed by atoms with Crippen LogP contribution in [0.4, 0.5) is 0 Å². The maximum Gasteiger partial charge on any atom is 0.330 e. The monoisotopic (exact) mass is 311 g/mol. The van der Waals surface area contributed by atoms with E-state index in [-0.39, 0.29) is 12.2 Å². The number of aliphatic carboxylic acids is 1. The minimum Gasteiger partial charge on any atom is -0.479 e. The Bertz CT molecular complexity index is 626. The molecular weight excluding hydrogens is 294 g/mol. The first-order chi connectivity index (χ1) is 9.92. The molecule has 2 N–H and O–H groups in total. The summed E-state index contributed by atoms with van der Waals surface area (Å²) in [5.41, 5.74) is 0.409. The van der Waals surface area contributed by atoms with Gasteiger partial charge in [-0.1, -0.05) is 36.8 Å². The highest BCUT2D eigenvalue weighted by atomic mass is 32.2. The van der Waals surface area contributed by atoms with Gasteiger partial charge in [-0.25, -0.2) is 13.2 Å². The molecule has 1 amide bonds. The lowest BCUT2D eigenvalue weighted by molar-refractivity contribution is -0.142. The van der Waals surface area contributed by atoms with Gasteiger partial charge in [0.1, 0.15) is 5.25 Å². The van der Waals surface area contributed by atoms with Crippen LogP contribution in [0.2, 0.25) is 0 Å². The fourth-order valence-electron chi connectivity index (χ4n) is 2.42. The molecule has 0 aliphatic carbocycles. The maximum atomic E-state index is 12.1. The summed E-state index contributed by atoms with van der Waals surface area (Å²) in [5.74, 6) is -1.97. The van der Waals surface area contributed by atoms with Crippen LogP contribution in [0.1, 0.15) is 30.9 Å². The fourth-order valence-corrected chi connectivity index (χ4v) is 4.23. The van der Waals surface area contributed by atoms with Gasteiger partial charge >= 0.3 is 5.97 Å². The second-order valence-electron chi connectivity index (χ2n) is 5.04. The number of carboxylic acid groups (broad SMARTS) is 1. The Hall–Kier alpha value is -1.89. The van der Waals surface area contributed by atoms with Crippen molar-refractivity contribution in [2.24, 2.45) is 0 Å². The van der Waals surface area contributed by atoms with E-state index in [9.17, 15) is 23.1 Å². The first kappa shape index (κ1) is 15.5. The molecule has 2 atom stereocenters. The quantitative estimate of drug-likeness (QED) is 0.860. The Morgan fingerprint density at radius 2 is 1.86 bits per heavy atom. The minimum atomic E-state index is -3.48. The topological polar surface area (TPSA) is 101 Å². The second-order valence-corrected chi connectivity index (χ2v) is 7.34. The van der Waals surface area contributed by atoms with Crippen molar-refractivity contribution in [3.8, 4) is 0 Å². The number of carboxylic acids is 1. The van der Waals surface area contributed by atoms with Gasteiger partial charge in [0.25, 0.3) is 0 Å². The number of rotatable bonds is 4. The zero-order valence-corrected chi connectivity index (χ0v) is 12.2. The first-order valence-corrected chi connectivity index (χ1v) is 8.43. The van der Waals surface area contributed by atoms with Gasteiger partial charge in [-0.3, -0.25) is 4.79 Å². The lowest BCUT2D eigenvalue weighted by atomic mass is 10.1. The molecular formula is C14H17NO5S. The zero-order chi connectivity index (χ0) is 15.5. The molecule has 1 aromatic carbocycles. The van der Waals surface area contributed by atoms with Gasteiger partial charge in [-0.2, -0.15) is 0 Å². The van der Waals surface area contributed by atoms with Gasteiger partial charge in [0, 0.05) is 0 Å². The summed E-state index contributed by atoms with van der Waals surface area (Å²) in [6.07, 6.45) is 1.45.